The zero-order valence-electron chi connectivity index (χ0n) is 22.0. The molecule has 1 heterocycles. The number of ketones is 1. The molecule has 4 aliphatic rings. The van der Waals surface area contributed by atoms with E-state index in [4.69, 9.17) is 4.74 Å². The van der Waals surface area contributed by atoms with E-state index in [1.165, 1.54) is 25.0 Å². The van der Waals surface area contributed by atoms with Gasteiger partial charge in [0.2, 0.25) is 0 Å². The van der Waals surface area contributed by atoms with E-state index in [0.717, 1.165) is 62.5 Å². The number of nitrogens with zero attached hydrogens (tertiary/aromatic N) is 2. The van der Waals surface area contributed by atoms with Crippen LogP contribution < -0.4 is 0 Å². The van der Waals surface area contributed by atoms with E-state index >= 15 is 0 Å². The molecular weight excluding hydrogens is 455 g/mol. The standard InChI is InChI=1S/C30H41FN2O3/c1-28(35)12-13-30(18-36-3)20(15-28)4-6-22-23-7-8-25(29(23,2)11-10-24(22)30)27(34)17-33-26-9-5-21(31)14-19(26)16-32-33/h5,9,14,16,20,22-25,35H,4,6-8,10-13,15,17-18H2,1-3H3/t20-,22-,23?,24-,25+,28+,29-,30+/m0/s1. The van der Waals surface area contributed by atoms with Crippen LogP contribution in [0.25, 0.3) is 10.9 Å². The molecule has 6 rings (SSSR count). The number of ether oxygens (including phenoxy) is 1. The van der Waals surface area contributed by atoms with Gasteiger partial charge in [0.1, 0.15) is 12.4 Å². The van der Waals surface area contributed by atoms with Crippen LogP contribution in [0.2, 0.25) is 0 Å². The average molecular weight is 497 g/mol. The van der Waals surface area contributed by atoms with E-state index in [9.17, 15) is 14.3 Å². The molecule has 1 N–H and O–H groups in total. The second-order valence-electron chi connectivity index (χ2n) is 13.2. The van der Waals surface area contributed by atoms with Gasteiger partial charge in [-0.2, -0.15) is 5.10 Å². The third-order valence-electron chi connectivity index (χ3n) is 11.4. The first kappa shape index (κ1) is 24.5. The van der Waals surface area contributed by atoms with Crippen LogP contribution >= 0.6 is 0 Å². The lowest BCUT2D eigenvalue weighted by Crippen LogP contribution is -2.58. The molecule has 0 radical (unpaired) electrons. The molecule has 6 heteroatoms. The molecule has 1 aromatic carbocycles. The summed E-state index contributed by atoms with van der Waals surface area (Å²) < 4.78 is 21.3. The third kappa shape index (κ3) is 3.69. The number of aliphatic hydroxyl groups is 1. The predicted octanol–water partition coefficient (Wildman–Crippen LogP) is 5.78. The maximum Gasteiger partial charge on any atom is 0.157 e. The van der Waals surface area contributed by atoms with Crippen LogP contribution in [-0.2, 0) is 16.1 Å². The van der Waals surface area contributed by atoms with Crippen molar-refractivity contribution < 1.29 is 19.0 Å². The van der Waals surface area contributed by atoms with Crippen LogP contribution in [0.4, 0.5) is 4.39 Å². The Morgan fingerprint density at radius 2 is 1.97 bits per heavy atom. The van der Waals surface area contributed by atoms with Crippen LogP contribution in [0, 0.1) is 46.2 Å². The highest BCUT2D eigenvalue weighted by Crippen LogP contribution is 2.68. The number of aromatic nitrogens is 2. The first-order valence-corrected chi connectivity index (χ1v) is 14.0. The van der Waals surface area contributed by atoms with Gasteiger partial charge in [0.15, 0.2) is 5.78 Å². The third-order valence-corrected chi connectivity index (χ3v) is 11.4. The number of carbonyl (C=O) groups is 1. The summed E-state index contributed by atoms with van der Waals surface area (Å²) >= 11 is 0. The number of fused-ring (bicyclic) bond motifs is 6. The lowest BCUT2D eigenvalue weighted by molar-refractivity contribution is -0.175. The summed E-state index contributed by atoms with van der Waals surface area (Å²) in [4.78, 5) is 13.7. The van der Waals surface area contributed by atoms with Gasteiger partial charge >= 0.3 is 0 Å². The number of carbonyl (C=O) groups excluding carboxylic acids is 1. The molecule has 0 spiro atoms. The second-order valence-corrected chi connectivity index (χ2v) is 13.2. The second kappa shape index (κ2) is 8.62. The Balaban J connectivity index is 1.23. The van der Waals surface area contributed by atoms with Crippen molar-refractivity contribution in [2.45, 2.75) is 83.8 Å². The quantitative estimate of drug-likeness (QED) is 0.570. The number of halogens is 1. The molecule has 1 unspecified atom stereocenters. The summed E-state index contributed by atoms with van der Waals surface area (Å²) in [6.45, 7) is 5.47. The summed E-state index contributed by atoms with van der Waals surface area (Å²) in [6.07, 6.45) is 11.2. The van der Waals surface area contributed by atoms with Gasteiger partial charge in [-0.15, -0.1) is 0 Å². The molecule has 0 bridgehead atoms. The van der Waals surface area contributed by atoms with Gasteiger partial charge in [-0.3, -0.25) is 9.48 Å². The van der Waals surface area contributed by atoms with Gasteiger partial charge in [0, 0.05) is 18.4 Å². The number of rotatable bonds is 5. The first-order chi connectivity index (χ1) is 17.2. The van der Waals surface area contributed by atoms with E-state index in [-0.39, 0.29) is 34.9 Å². The fourth-order valence-corrected chi connectivity index (χ4v) is 9.75. The van der Waals surface area contributed by atoms with Crippen molar-refractivity contribution in [3.05, 3.63) is 30.2 Å². The fourth-order valence-electron chi connectivity index (χ4n) is 9.75. The Labute approximate surface area is 213 Å². The molecule has 8 atom stereocenters. The van der Waals surface area contributed by atoms with Crippen molar-refractivity contribution in [2.75, 3.05) is 13.7 Å². The van der Waals surface area contributed by atoms with Crippen molar-refractivity contribution >= 4 is 16.7 Å². The van der Waals surface area contributed by atoms with Gasteiger partial charge in [0.25, 0.3) is 0 Å². The fraction of sp³-hybridized carbons (Fsp3) is 0.733. The Hall–Kier alpha value is -1.79. The minimum Gasteiger partial charge on any atom is -0.390 e. The molecule has 1 aromatic heterocycles. The predicted molar refractivity (Wildman–Crippen MR) is 137 cm³/mol. The number of methoxy groups -OCH3 is 1. The minimum absolute atomic E-state index is 0.0363. The maximum absolute atomic E-state index is 13.7. The number of Topliss-reactive ketones (excluding diaryl/α,β-unsaturated/α-hetero) is 1. The van der Waals surface area contributed by atoms with E-state index in [0.29, 0.717) is 23.7 Å². The average Bonchev–Trinajstić information content (AvgIpc) is 3.39. The van der Waals surface area contributed by atoms with Crippen LogP contribution in [0.5, 0.6) is 0 Å². The topological polar surface area (TPSA) is 64.3 Å². The molecular formula is C30H41FN2O3. The Kier molecular flexibility index (Phi) is 5.88. The summed E-state index contributed by atoms with van der Waals surface area (Å²) in [7, 11) is 1.84. The lowest BCUT2D eigenvalue weighted by atomic mass is 9.43. The Morgan fingerprint density at radius 1 is 1.14 bits per heavy atom. The van der Waals surface area contributed by atoms with Gasteiger partial charge < -0.3 is 9.84 Å². The molecule has 4 fully saturated rings. The SMILES string of the molecule is COC[C@]12CC[C@@](C)(O)C[C@@H]1CC[C@H]1C3CC[C@H](C(=O)Cn4ncc5cc(F)ccc54)[C@@]3(C)CC[C@@H]12. The van der Waals surface area contributed by atoms with Gasteiger partial charge in [-0.05, 0) is 117 Å². The summed E-state index contributed by atoms with van der Waals surface area (Å²) in [6, 6.07) is 4.65. The highest BCUT2D eigenvalue weighted by atomic mass is 19.1. The summed E-state index contributed by atoms with van der Waals surface area (Å²) in [5, 5.41) is 16.0. The molecule has 0 amide bonds. The zero-order valence-corrected chi connectivity index (χ0v) is 22.0. The van der Waals surface area contributed by atoms with Crippen LogP contribution in [0.3, 0.4) is 0 Å². The van der Waals surface area contributed by atoms with Gasteiger partial charge in [-0.1, -0.05) is 6.92 Å². The van der Waals surface area contributed by atoms with E-state index in [1.807, 2.05) is 14.0 Å². The van der Waals surface area contributed by atoms with Crippen LogP contribution in [-0.4, -0.2) is 40.0 Å². The Bertz CT molecular complexity index is 1160. The van der Waals surface area contributed by atoms with Gasteiger partial charge in [0.05, 0.1) is 23.9 Å². The van der Waals surface area contributed by atoms with Gasteiger partial charge in [-0.25, -0.2) is 4.39 Å². The molecule has 0 aliphatic heterocycles. The van der Waals surface area contributed by atoms with Crippen molar-refractivity contribution in [1.82, 2.24) is 9.78 Å². The lowest BCUT2D eigenvalue weighted by Gasteiger charge is -2.62. The summed E-state index contributed by atoms with van der Waals surface area (Å²) in [5.74, 6) is 2.44. The van der Waals surface area contributed by atoms with Crippen molar-refractivity contribution in [3.63, 3.8) is 0 Å². The van der Waals surface area contributed by atoms with Crippen molar-refractivity contribution in [1.29, 1.82) is 0 Å². The number of hydrogen-bond donors (Lipinski definition) is 1. The van der Waals surface area contributed by atoms with Crippen LogP contribution in [0.15, 0.2) is 24.4 Å². The Morgan fingerprint density at radius 3 is 2.78 bits per heavy atom. The van der Waals surface area contributed by atoms with Crippen molar-refractivity contribution in [2.24, 2.45) is 40.4 Å². The maximum atomic E-state index is 13.7. The minimum atomic E-state index is -0.550. The number of benzene rings is 1. The first-order valence-electron chi connectivity index (χ1n) is 14.0. The molecule has 36 heavy (non-hydrogen) atoms. The highest BCUT2D eigenvalue weighted by Gasteiger charge is 2.63. The molecule has 5 nitrogen and oxygen atoms in total. The zero-order chi connectivity index (χ0) is 25.3. The highest BCUT2D eigenvalue weighted by molar-refractivity contribution is 5.85. The van der Waals surface area contributed by atoms with E-state index in [1.54, 1.807) is 16.9 Å². The van der Waals surface area contributed by atoms with Crippen molar-refractivity contribution in [3.8, 4) is 0 Å². The van der Waals surface area contributed by atoms with E-state index in [2.05, 4.69) is 12.0 Å². The molecule has 4 aliphatic carbocycles. The molecule has 196 valence electrons. The van der Waals surface area contributed by atoms with Crippen LogP contribution in [0.1, 0.15) is 71.6 Å². The normalized spacial score (nSPS) is 42.1. The van der Waals surface area contributed by atoms with E-state index < -0.39 is 5.60 Å². The molecule has 4 saturated carbocycles. The monoisotopic (exact) mass is 496 g/mol. The largest absolute Gasteiger partial charge is 0.390 e. The molecule has 0 saturated heterocycles. The smallest absolute Gasteiger partial charge is 0.157 e. The molecule has 2 aromatic rings. The summed E-state index contributed by atoms with van der Waals surface area (Å²) in [5.41, 5.74) is 0.480. The number of hydrogen-bond acceptors (Lipinski definition) is 4.